The van der Waals surface area contributed by atoms with Crippen LogP contribution in [0.3, 0.4) is 0 Å². The van der Waals surface area contributed by atoms with Crippen LogP contribution in [0, 0.1) is 6.92 Å². The van der Waals surface area contributed by atoms with Gasteiger partial charge in [-0.3, -0.25) is 4.79 Å². The van der Waals surface area contributed by atoms with E-state index in [2.05, 4.69) is 11.9 Å². The highest BCUT2D eigenvalue weighted by Gasteiger charge is 2.32. The summed E-state index contributed by atoms with van der Waals surface area (Å²) in [5.41, 5.74) is 2.12. The lowest BCUT2D eigenvalue weighted by Crippen LogP contribution is -2.26. The summed E-state index contributed by atoms with van der Waals surface area (Å²) in [5, 5.41) is 0. The number of alkyl halides is 1. The van der Waals surface area contributed by atoms with Gasteiger partial charge in [0.2, 0.25) is 5.82 Å². The summed E-state index contributed by atoms with van der Waals surface area (Å²) in [6, 6.07) is 7.53. The molecule has 1 aromatic heterocycles. The summed E-state index contributed by atoms with van der Waals surface area (Å²) in [7, 11) is 0. The lowest BCUT2D eigenvalue weighted by molar-refractivity contribution is 0.0763. The number of hydrogen-bond acceptors (Lipinski definition) is 2. The average molecular weight is 343 g/mol. The number of amides is 1. The lowest BCUT2D eigenvalue weighted by Gasteiger charge is -2.19. The number of imidazole rings is 1. The van der Waals surface area contributed by atoms with Crippen LogP contribution in [0.2, 0.25) is 0 Å². The number of carbonyl (C=O) groups is 1. The largest absolute Gasteiger partial charge is 0.318 e. The topological polar surface area (TPSA) is 38.1 Å². The van der Waals surface area contributed by atoms with E-state index in [1.165, 1.54) is 0 Å². The second-order valence-corrected chi connectivity index (χ2v) is 6.99. The Morgan fingerprint density at radius 1 is 1.24 bits per heavy atom. The van der Waals surface area contributed by atoms with Gasteiger partial charge in [0.25, 0.3) is 5.91 Å². The minimum atomic E-state index is -1.32. The molecule has 0 aliphatic carbocycles. The normalized spacial score (nSPS) is 16.2. The fourth-order valence-electron chi connectivity index (χ4n) is 3.32. The zero-order valence-electron chi connectivity index (χ0n) is 15.5. The van der Waals surface area contributed by atoms with Crippen molar-refractivity contribution >= 4 is 5.91 Å². The quantitative estimate of drug-likeness (QED) is 0.764. The molecular weight excluding hydrogens is 317 g/mol. The Hall–Kier alpha value is -2.17. The van der Waals surface area contributed by atoms with E-state index < -0.39 is 5.67 Å². The first kappa shape index (κ1) is 17.6. The third-order valence-corrected chi connectivity index (χ3v) is 5.14. The Labute approximate surface area is 148 Å². The molecule has 0 bridgehead atoms. The standard InChI is InChI=1S/C20H26FN3O/c1-5-7-12-23-13-24-17(14(3)22-18(24)19(23)25)15-8-10-16(11-9-15)20(4,21)6-2/h8-11H,5-7,12-13H2,1-4H3. The number of aryl methyl sites for hydroxylation is 1. The van der Waals surface area contributed by atoms with E-state index in [0.29, 0.717) is 24.5 Å². The molecule has 1 unspecified atom stereocenters. The molecule has 0 N–H and O–H groups in total. The molecule has 5 heteroatoms. The fourth-order valence-corrected chi connectivity index (χ4v) is 3.32. The minimum absolute atomic E-state index is 0.00161. The molecule has 2 heterocycles. The summed E-state index contributed by atoms with van der Waals surface area (Å²) < 4.78 is 16.5. The van der Waals surface area contributed by atoms with Gasteiger partial charge in [0.1, 0.15) is 5.67 Å². The first-order valence-electron chi connectivity index (χ1n) is 9.05. The van der Waals surface area contributed by atoms with E-state index in [-0.39, 0.29) is 5.91 Å². The number of rotatable bonds is 6. The van der Waals surface area contributed by atoms with Gasteiger partial charge in [0.05, 0.1) is 18.1 Å². The van der Waals surface area contributed by atoms with Crippen LogP contribution in [0.4, 0.5) is 4.39 Å². The van der Waals surface area contributed by atoms with Crippen molar-refractivity contribution in [3.63, 3.8) is 0 Å². The van der Waals surface area contributed by atoms with Crippen molar-refractivity contribution in [2.75, 3.05) is 6.54 Å². The second kappa shape index (κ2) is 6.62. The molecular formula is C20H26FN3O. The molecule has 1 atom stereocenters. The van der Waals surface area contributed by atoms with E-state index in [9.17, 15) is 9.18 Å². The lowest BCUT2D eigenvalue weighted by atomic mass is 9.94. The summed E-state index contributed by atoms with van der Waals surface area (Å²) >= 11 is 0. The van der Waals surface area contributed by atoms with Crippen LogP contribution in [0.1, 0.15) is 61.9 Å². The first-order chi connectivity index (χ1) is 11.9. The van der Waals surface area contributed by atoms with Crippen molar-refractivity contribution in [1.29, 1.82) is 0 Å². The van der Waals surface area contributed by atoms with E-state index in [0.717, 1.165) is 36.3 Å². The highest BCUT2D eigenvalue weighted by molar-refractivity contribution is 5.94. The van der Waals surface area contributed by atoms with Crippen molar-refractivity contribution < 1.29 is 9.18 Å². The molecule has 0 fully saturated rings. The van der Waals surface area contributed by atoms with Crippen LogP contribution in [0.25, 0.3) is 11.3 Å². The number of carbonyl (C=O) groups excluding carboxylic acids is 1. The smallest absolute Gasteiger partial charge is 0.291 e. The van der Waals surface area contributed by atoms with E-state index in [4.69, 9.17) is 0 Å². The third-order valence-electron chi connectivity index (χ3n) is 5.14. The Kier molecular flexibility index (Phi) is 4.67. The molecule has 2 aromatic rings. The maximum atomic E-state index is 14.5. The number of benzene rings is 1. The maximum Gasteiger partial charge on any atom is 0.291 e. The highest BCUT2D eigenvalue weighted by Crippen LogP contribution is 2.33. The number of nitrogens with zero attached hydrogens (tertiary/aromatic N) is 3. The zero-order chi connectivity index (χ0) is 18.2. The minimum Gasteiger partial charge on any atom is -0.318 e. The Balaban J connectivity index is 1.93. The summed E-state index contributed by atoms with van der Waals surface area (Å²) in [6.45, 7) is 8.79. The molecule has 1 aliphatic heterocycles. The van der Waals surface area contributed by atoms with Crippen LogP contribution in [-0.2, 0) is 12.3 Å². The van der Waals surface area contributed by atoms with Gasteiger partial charge >= 0.3 is 0 Å². The Morgan fingerprint density at radius 3 is 2.52 bits per heavy atom. The second-order valence-electron chi connectivity index (χ2n) is 6.99. The van der Waals surface area contributed by atoms with Gasteiger partial charge in [-0.25, -0.2) is 9.37 Å². The molecule has 134 valence electrons. The van der Waals surface area contributed by atoms with E-state index >= 15 is 0 Å². The molecule has 3 rings (SSSR count). The third kappa shape index (κ3) is 3.08. The fraction of sp³-hybridized carbons (Fsp3) is 0.500. The van der Waals surface area contributed by atoms with Gasteiger partial charge < -0.3 is 9.47 Å². The monoisotopic (exact) mass is 343 g/mol. The van der Waals surface area contributed by atoms with Gasteiger partial charge in [-0.15, -0.1) is 0 Å². The van der Waals surface area contributed by atoms with Gasteiger partial charge in [-0.05, 0) is 32.3 Å². The van der Waals surface area contributed by atoms with Crippen molar-refractivity contribution in [3.8, 4) is 11.3 Å². The molecule has 0 saturated heterocycles. The van der Waals surface area contributed by atoms with Crippen LogP contribution < -0.4 is 0 Å². The van der Waals surface area contributed by atoms with Crippen molar-refractivity contribution in [1.82, 2.24) is 14.5 Å². The molecule has 25 heavy (non-hydrogen) atoms. The average Bonchev–Trinajstić information content (AvgIpc) is 3.08. The molecule has 4 nitrogen and oxygen atoms in total. The predicted molar refractivity (Wildman–Crippen MR) is 97.1 cm³/mol. The van der Waals surface area contributed by atoms with E-state index in [1.54, 1.807) is 6.92 Å². The molecule has 1 aromatic carbocycles. The summed E-state index contributed by atoms with van der Waals surface area (Å²) in [5.74, 6) is 0.512. The van der Waals surface area contributed by atoms with Crippen LogP contribution in [0.15, 0.2) is 24.3 Å². The summed E-state index contributed by atoms with van der Waals surface area (Å²) in [6.07, 6.45) is 2.49. The van der Waals surface area contributed by atoms with Crippen molar-refractivity contribution in [3.05, 3.63) is 41.3 Å². The first-order valence-corrected chi connectivity index (χ1v) is 9.05. The van der Waals surface area contributed by atoms with Crippen molar-refractivity contribution in [2.45, 2.75) is 59.3 Å². The van der Waals surface area contributed by atoms with Crippen LogP contribution in [0.5, 0.6) is 0 Å². The van der Waals surface area contributed by atoms with Gasteiger partial charge in [-0.1, -0.05) is 44.5 Å². The summed E-state index contributed by atoms with van der Waals surface area (Å²) in [4.78, 5) is 18.9. The molecule has 1 amide bonds. The predicted octanol–water partition coefficient (Wildman–Crippen LogP) is 4.67. The number of fused-ring (bicyclic) bond motifs is 1. The molecule has 0 saturated carbocycles. The van der Waals surface area contributed by atoms with Crippen LogP contribution >= 0.6 is 0 Å². The Bertz CT molecular complexity index is 777. The van der Waals surface area contributed by atoms with Gasteiger partial charge in [0.15, 0.2) is 0 Å². The number of halogens is 1. The maximum absolute atomic E-state index is 14.5. The van der Waals surface area contributed by atoms with Gasteiger partial charge in [-0.2, -0.15) is 0 Å². The zero-order valence-corrected chi connectivity index (χ0v) is 15.5. The number of aromatic nitrogens is 2. The van der Waals surface area contributed by atoms with E-state index in [1.807, 2.05) is 47.6 Å². The van der Waals surface area contributed by atoms with Gasteiger partial charge in [0, 0.05) is 12.1 Å². The Morgan fingerprint density at radius 2 is 1.92 bits per heavy atom. The SMILES string of the molecule is CCCCN1Cn2c(nc(C)c2-c2ccc(C(C)(F)CC)cc2)C1=O. The highest BCUT2D eigenvalue weighted by atomic mass is 19.1. The van der Waals surface area contributed by atoms with Crippen LogP contribution in [-0.4, -0.2) is 26.9 Å². The molecule has 0 radical (unpaired) electrons. The molecule has 1 aliphatic rings. The molecule has 0 spiro atoms. The van der Waals surface area contributed by atoms with Crippen molar-refractivity contribution in [2.24, 2.45) is 0 Å². The number of hydrogen-bond donors (Lipinski definition) is 0. The number of unbranched alkanes of at least 4 members (excludes halogenated alkanes) is 1.